The van der Waals surface area contributed by atoms with Gasteiger partial charge in [-0.2, -0.15) is 0 Å². The largest absolute Gasteiger partial charge is 0.343 e. The molecule has 19 heavy (non-hydrogen) atoms. The highest BCUT2D eigenvalue weighted by Crippen LogP contribution is 2.06. The first kappa shape index (κ1) is 13.5. The van der Waals surface area contributed by atoms with Gasteiger partial charge in [-0.3, -0.25) is 9.59 Å². The summed E-state index contributed by atoms with van der Waals surface area (Å²) < 4.78 is 0. The summed E-state index contributed by atoms with van der Waals surface area (Å²) in [7, 11) is 0. The van der Waals surface area contributed by atoms with E-state index in [2.05, 4.69) is 10.6 Å². The van der Waals surface area contributed by atoms with Crippen molar-refractivity contribution in [1.82, 2.24) is 15.5 Å². The van der Waals surface area contributed by atoms with Gasteiger partial charge in [0.05, 0.1) is 6.54 Å². The standard InChI is InChI=1S/C14H19N3O2/c1-11-4-2-3-5-12(11)14(19)16-10-13(18)17-8-6-15-7-9-17/h2-5,15H,6-10H2,1H3,(H,16,19). The minimum atomic E-state index is -0.193. The average molecular weight is 261 g/mol. The van der Waals surface area contributed by atoms with Crippen molar-refractivity contribution in [1.29, 1.82) is 0 Å². The van der Waals surface area contributed by atoms with Crippen LogP contribution in [0.1, 0.15) is 15.9 Å². The summed E-state index contributed by atoms with van der Waals surface area (Å²) in [6, 6.07) is 7.35. The maximum atomic E-state index is 12.0. The second-order valence-corrected chi connectivity index (χ2v) is 4.63. The van der Waals surface area contributed by atoms with E-state index < -0.39 is 0 Å². The zero-order chi connectivity index (χ0) is 13.7. The SMILES string of the molecule is Cc1ccccc1C(=O)NCC(=O)N1CCNCC1. The topological polar surface area (TPSA) is 61.4 Å². The van der Waals surface area contributed by atoms with Gasteiger partial charge in [0.25, 0.3) is 5.91 Å². The predicted molar refractivity (Wildman–Crippen MR) is 73.0 cm³/mol. The van der Waals surface area contributed by atoms with E-state index in [0.29, 0.717) is 18.7 Å². The number of piperazine rings is 1. The molecule has 5 nitrogen and oxygen atoms in total. The Morgan fingerprint density at radius 3 is 2.63 bits per heavy atom. The fourth-order valence-electron chi connectivity index (χ4n) is 2.10. The average Bonchev–Trinajstić information content (AvgIpc) is 2.46. The number of hydrogen-bond acceptors (Lipinski definition) is 3. The first-order valence-corrected chi connectivity index (χ1v) is 6.51. The third-order valence-corrected chi connectivity index (χ3v) is 3.26. The Balaban J connectivity index is 1.86. The molecular formula is C14H19N3O2. The van der Waals surface area contributed by atoms with Crippen LogP contribution >= 0.6 is 0 Å². The van der Waals surface area contributed by atoms with E-state index in [4.69, 9.17) is 0 Å². The van der Waals surface area contributed by atoms with E-state index >= 15 is 0 Å². The molecule has 102 valence electrons. The van der Waals surface area contributed by atoms with Crippen LogP contribution in [-0.2, 0) is 4.79 Å². The summed E-state index contributed by atoms with van der Waals surface area (Å²) >= 11 is 0. The minimum Gasteiger partial charge on any atom is -0.343 e. The number of nitrogens with one attached hydrogen (secondary N) is 2. The van der Waals surface area contributed by atoms with E-state index in [0.717, 1.165) is 18.7 Å². The Morgan fingerprint density at radius 2 is 1.95 bits per heavy atom. The molecule has 0 radical (unpaired) electrons. The van der Waals surface area contributed by atoms with E-state index in [1.807, 2.05) is 25.1 Å². The first-order chi connectivity index (χ1) is 9.18. The lowest BCUT2D eigenvalue weighted by molar-refractivity contribution is -0.130. The quantitative estimate of drug-likeness (QED) is 0.814. The maximum Gasteiger partial charge on any atom is 0.251 e. The molecule has 0 aromatic heterocycles. The van der Waals surface area contributed by atoms with Crippen LogP contribution in [0.2, 0.25) is 0 Å². The van der Waals surface area contributed by atoms with Crippen LogP contribution in [0.25, 0.3) is 0 Å². The highest BCUT2D eigenvalue weighted by Gasteiger charge is 2.17. The molecule has 0 unspecified atom stereocenters. The molecule has 1 aromatic rings. The van der Waals surface area contributed by atoms with Gasteiger partial charge in [0.1, 0.15) is 0 Å². The van der Waals surface area contributed by atoms with Crippen LogP contribution < -0.4 is 10.6 Å². The molecular weight excluding hydrogens is 242 g/mol. The fourth-order valence-corrected chi connectivity index (χ4v) is 2.10. The smallest absolute Gasteiger partial charge is 0.251 e. The molecule has 0 bridgehead atoms. The van der Waals surface area contributed by atoms with Gasteiger partial charge in [0.15, 0.2) is 0 Å². The summed E-state index contributed by atoms with van der Waals surface area (Å²) in [6.45, 7) is 4.99. The second kappa shape index (κ2) is 6.33. The summed E-state index contributed by atoms with van der Waals surface area (Å²) in [6.07, 6.45) is 0. The Morgan fingerprint density at radius 1 is 1.26 bits per heavy atom. The molecule has 2 amide bonds. The number of amides is 2. The molecule has 1 fully saturated rings. The summed E-state index contributed by atoms with van der Waals surface area (Å²) in [5, 5.41) is 5.87. The van der Waals surface area contributed by atoms with Crippen molar-refractivity contribution in [2.75, 3.05) is 32.7 Å². The number of aryl methyl sites for hydroxylation is 1. The number of rotatable bonds is 3. The Hall–Kier alpha value is -1.88. The number of carbonyl (C=O) groups is 2. The van der Waals surface area contributed by atoms with E-state index in [9.17, 15) is 9.59 Å². The third kappa shape index (κ3) is 3.54. The van der Waals surface area contributed by atoms with Crippen LogP contribution in [-0.4, -0.2) is 49.4 Å². The molecule has 2 N–H and O–H groups in total. The van der Waals surface area contributed by atoms with Gasteiger partial charge in [-0.25, -0.2) is 0 Å². The lowest BCUT2D eigenvalue weighted by Gasteiger charge is -2.27. The molecule has 1 aliphatic rings. The Labute approximate surface area is 113 Å². The summed E-state index contributed by atoms with van der Waals surface area (Å²) in [5.41, 5.74) is 1.53. The van der Waals surface area contributed by atoms with Crippen LogP contribution in [0.5, 0.6) is 0 Å². The van der Waals surface area contributed by atoms with Gasteiger partial charge in [0.2, 0.25) is 5.91 Å². The number of hydrogen-bond donors (Lipinski definition) is 2. The highest BCUT2D eigenvalue weighted by atomic mass is 16.2. The molecule has 5 heteroatoms. The second-order valence-electron chi connectivity index (χ2n) is 4.63. The van der Waals surface area contributed by atoms with Crippen molar-refractivity contribution >= 4 is 11.8 Å². The zero-order valence-corrected chi connectivity index (χ0v) is 11.1. The highest BCUT2D eigenvalue weighted by molar-refractivity contribution is 5.97. The maximum absolute atomic E-state index is 12.0. The van der Waals surface area contributed by atoms with Gasteiger partial charge in [-0.15, -0.1) is 0 Å². The number of carbonyl (C=O) groups excluding carboxylic acids is 2. The zero-order valence-electron chi connectivity index (χ0n) is 11.1. The monoisotopic (exact) mass is 261 g/mol. The first-order valence-electron chi connectivity index (χ1n) is 6.51. The molecule has 1 aromatic carbocycles. The van der Waals surface area contributed by atoms with Gasteiger partial charge >= 0.3 is 0 Å². The van der Waals surface area contributed by atoms with E-state index in [-0.39, 0.29) is 18.4 Å². The Kier molecular flexibility index (Phi) is 4.52. The number of benzene rings is 1. The Bertz CT molecular complexity index is 468. The fraction of sp³-hybridized carbons (Fsp3) is 0.429. The molecule has 1 heterocycles. The molecule has 0 atom stereocenters. The molecule has 0 spiro atoms. The normalized spacial score (nSPS) is 15.1. The van der Waals surface area contributed by atoms with Crippen molar-refractivity contribution in [2.45, 2.75) is 6.92 Å². The van der Waals surface area contributed by atoms with Gasteiger partial charge in [0, 0.05) is 31.7 Å². The minimum absolute atomic E-state index is 0.0246. The van der Waals surface area contributed by atoms with Gasteiger partial charge in [-0.1, -0.05) is 18.2 Å². The van der Waals surface area contributed by atoms with Gasteiger partial charge < -0.3 is 15.5 Å². The predicted octanol–water partition coefficient (Wildman–Crippen LogP) is 0.157. The van der Waals surface area contributed by atoms with Crippen LogP contribution in [0.4, 0.5) is 0 Å². The van der Waals surface area contributed by atoms with Crippen molar-refractivity contribution in [3.63, 3.8) is 0 Å². The van der Waals surface area contributed by atoms with Crippen LogP contribution in [0, 0.1) is 6.92 Å². The van der Waals surface area contributed by atoms with Gasteiger partial charge in [-0.05, 0) is 18.6 Å². The van der Waals surface area contributed by atoms with Crippen molar-refractivity contribution in [2.24, 2.45) is 0 Å². The molecule has 0 aliphatic carbocycles. The molecule has 1 saturated heterocycles. The number of nitrogens with zero attached hydrogens (tertiary/aromatic N) is 1. The molecule has 0 saturated carbocycles. The van der Waals surface area contributed by atoms with Crippen molar-refractivity contribution in [3.05, 3.63) is 35.4 Å². The molecule has 2 rings (SSSR count). The third-order valence-electron chi connectivity index (χ3n) is 3.26. The van der Waals surface area contributed by atoms with Crippen molar-refractivity contribution in [3.8, 4) is 0 Å². The summed E-state index contributed by atoms with van der Waals surface area (Å²) in [5.74, 6) is -0.218. The van der Waals surface area contributed by atoms with Crippen LogP contribution in [0.3, 0.4) is 0 Å². The molecule has 1 aliphatic heterocycles. The lowest BCUT2D eigenvalue weighted by atomic mass is 10.1. The lowest BCUT2D eigenvalue weighted by Crippen LogP contribution is -2.49. The van der Waals surface area contributed by atoms with Crippen molar-refractivity contribution < 1.29 is 9.59 Å². The summed E-state index contributed by atoms with van der Waals surface area (Å²) in [4.78, 5) is 25.6. The van der Waals surface area contributed by atoms with E-state index in [1.165, 1.54) is 0 Å². The van der Waals surface area contributed by atoms with Crippen LogP contribution in [0.15, 0.2) is 24.3 Å². The van der Waals surface area contributed by atoms with E-state index in [1.54, 1.807) is 11.0 Å².